The van der Waals surface area contributed by atoms with E-state index in [9.17, 15) is 9.18 Å². The number of ether oxygens (including phenoxy) is 1. The zero-order chi connectivity index (χ0) is 14.5. The molecule has 1 aromatic heterocycles. The average molecular weight is 314 g/mol. The second-order valence-corrected chi connectivity index (χ2v) is 5.32. The smallest absolute Gasteiger partial charge is 0.306 e. The molecule has 0 bridgehead atoms. The summed E-state index contributed by atoms with van der Waals surface area (Å²) in [5, 5.41) is 2.45. The summed E-state index contributed by atoms with van der Waals surface area (Å²) in [5.41, 5.74) is 1.13. The number of aryl methyl sites for hydroxylation is 1. The van der Waals surface area contributed by atoms with E-state index in [4.69, 9.17) is 16.3 Å². The van der Waals surface area contributed by atoms with Crippen LogP contribution in [-0.4, -0.2) is 17.6 Å². The molecular weight excluding hydrogens is 301 g/mol. The van der Waals surface area contributed by atoms with Crippen LogP contribution in [0.4, 0.5) is 4.39 Å². The van der Waals surface area contributed by atoms with Crippen molar-refractivity contribution in [2.75, 3.05) is 6.61 Å². The number of esters is 1. The highest BCUT2D eigenvalue weighted by Crippen LogP contribution is 2.30. The van der Waals surface area contributed by atoms with Crippen molar-refractivity contribution in [1.29, 1.82) is 0 Å². The van der Waals surface area contributed by atoms with E-state index in [0.29, 0.717) is 23.6 Å². The van der Waals surface area contributed by atoms with Gasteiger partial charge in [0.25, 0.3) is 0 Å². The molecule has 0 aliphatic carbocycles. The Hall–Kier alpha value is -1.46. The number of aromatic nitrogens is 1. The molecule has 0 atom stereocenters. The van der Waals surface area contributed by atoms with Gasteiger partial charge in [0.1, 0.15) is 5.01 Å². The van der Waals surface area contributed by atoms with Crippen LogP contribution in [0.1, 0.15) is 19.0 Å². The van der Waals surface area contributed by atoms with Crippen molar-refractivity contribution in [3.8, 4) is 10.6 Å². The first kappa shape index (κ1) is 14.9. The largest absolute Gasteiger partial charge is 0.466 e. The Morgan fingerprint density at radius 2 is 2.30 bits per heavy atom. The van der Waals surface area contributed by atoms with Gasteiger partial charge in [-0.2, -0.15) is 0 Å². The summed E-state index contributed by atoms with van der Waals surface area (Å²) < 4.78 is 18.7. The lowest BCUT2D eigenvalue weighted by Gasteiger charge is -2.01. The minimum Gasteiger partial charge on any atom is -0.466 e. The van der Waals surface area contributed by atoms with Gasteiger partial charge < -0.3 is 4.74 Å². The third-order valence-electron chi connectivity index (χ3n) is 2.62. The molecule has 1 heterocycles. The number of halogens is 2. The lowest BCUT2D eigenvalue weighted by molar-refractivity contribution is -0.143. The van der Waals surface area contributed by atoms with Crippen molar-refractivity contribution in [3.63, 3.8) is 0 Å². The first-order chi connectivity index (χ1) is 9.61. The molecule has 0 fully saturated rings. The van der Waals surface area contributed by atoms with Crippen LogP contribution in [0.15, 0.2) is 23.6 Å². The van der Waals surface area contributed by atoms with Gasteiger partial charge in [-0.3, -0.25) is 4.79 Å². The second-order valence-electron chi connectivity index (χ2n) is 4.05. The van der Waals surface area contributed by atoms with Crippen molar-refractivity contribution >= 4 is 28.9 Å². The van der Waals surface area contributed by atoms with Crippen LogP contribution in [-0.2, 0) is 16.0 Å². The van der Waals surface area contributed by atoms with Gasteiger partial charge in [-0.05, 0) is 19.1 Å². The van der Waals surface area contributed by atoms with E-state index in [1.807, 2.05) is 5.38 Å². The number of benzene rings is 1. The van der Waals surface area contributed by atoms with Crippen LogP contribution in [0, 0.1) is 5.82 Å². The molecule has 3 nitrogen and oxygen atoms in total. The number of thiazole rings is 1. The van der Waals surface area contributed by atoms with Crippen molar-refractivity contribution in [2.45, 2.75) is 19.8 Å². The molecule has 2 aromatic rings. The fourth-order valence-electron chi connectivity index (χ4n) is 1.68. The van der Waals surface area contributed by atoms with Gasteiger partial charge in [0.2, 0.25) is 0 Å². The Labute approximate surface area is 125 Å². The van der Waals surface area contributed by atoms with Gasteiger partial charge in [-0.1, -0.05) is 17.7 Å². The van der Waals surface area contributed by atoms with E-state index in [0.717, 1.165) is 5.69 Å². The molecule has 0 saturated carbocycles. The van der Waals surface area contributed by atoms with E-state index in [2.05, 4.69) is 4.98 Å². The summed E-state index contributed by atoms with van der Waals surface area (Å²) in [6.45, 7) is 2.13. The molecule has 2 rings (SSSR count). The maximum absolute atomic E-state index is 13.9. The Balaban J connectivity index is 2.09. The molecule has 1 aromatic carbocycles. The Morgan fingerprint density at radius 1 is 1.50 bits per heavy atom. The fourth-order valence-corrected chi connectivity index (χ4v) is 2.73. The Morgan fingerprint density at radius 3 is 3.05 bits per heavy atom. The summed E-state index contributed by atoms with van der Waals surface area (Å²) >= 11 is 7.08. The third-order valence-corrected chi connectivity index (χ3v) is 3.84. The molecule has 0 N–H and O–H groups in total. The Bertz CT molecular complexity index is 615. The molecule has 0 unspecified atom stereocenters. The minimum atomic E-state index is -0.472. The van der Waals surface area contributed by atoms with Crippen molar-refractivity contribution in [1.82, 2.24) is 4.98 Å². The van der Waals surface area contributed by atoms with Gasteiger partial charge in [0, 0.05) is 17.4 Å². The molecule has 0 amide bonds. The van der Waals surface area contributed by atoms with Crippen LogP contribution in [0.25, 0.3) is 10.6 Å². The van der Waals surface area contributed by atoms with Crippen molar-refractivity contribution < 1.29 is 13.9 Å². The SMILES string of the molecule is CCOC(=O)CCc1csc(-c2cccc(Cl)c2F)n1. The van der Waals surface area contributed by atoms with Crippen molar-refractivity contribution in [3.05, 3.63) is 40.1 Å². The second kappa shape index (κ2) is 6.81. The van der Waals surface area contributed by atoms with E-state index >= 15 is 0 Å². The fraction of sp³-hybridized carbons (Fsp3) is 0.286. The molecule has 6 heteroatoms. The lowest BCUT2D eigenvalue weighted by Crippen LogP contribution is -2.05. The molecular formula is C14H13ClFNO2S. The zero-order valence-corrected chi connectivity index (χ0v) is 12.4. The quantitative estimate of drug-likeness (QED) is 0.780. The number of rotatable bonds is 5. The first-order valence-corrected chi connectivity index (χ1v) is 7.42. The molecule has 20 heavy (non-hydrogen) atoms. The lowest BCUT2D eigenvalue weighted by atomic mass is 10.2. The maximum Gasteiger partial charge on any atom is 0.306 e. The third kappa shape index (κ3) is 3.55. The highest BCUT2D eigenvalue weighted by atomic mass is 35.5. The molecule has 0 radical (unpaired) electrons. The van der Waals surface area contributed by atoms with Gasteiger partial charge >= 0.3 is 5.97 Å². The normalized spacial score (nSPS) is 10.6. The highest BCUT2D eigenvalue weighted by Gasteiger charge is 2.13. The average Bonchev–Trinajstić information content (AvgIpc) is 2.89. The molecule has 0 aliphatic rings. The number of hydrogen-bond donors (Lipinski definition) is 0. The summed E-state index contributed by atoms with van der Waals surface area (Å²) in [4.78, 5) is 15.6. The molecule has 0 aliphatic heterocycles. The van der Waals surface area contributed by atoms with Crippen molar-refractivity contribution in [2.24, 2.45) is 0 Å². The molecule has 0 spiro atoms. The van der Waals surface area contributed by atoms with Gasteiger partial charge in [-0.15, -0.1) is 11.3 Å². The zero-order valence-electron chi connectivity index (χ0n) is 10.9. The number of nitrogens with zero attached hydrogens (tertiary/aromatic N) is 1. The molecule has 0 saturated heterocycles. The standard InChI is InChI=1S/C14H13ClFNO2S/c1-2-19-12(18)7-6-9-8-20-14(17-9)10-4-3-5-11(15)13(10)16/h3-5,8H,2,6-7H2,1H3. The maximum atomic E-state index is 13.9. The number of carbonyl (C=O) groups is 1. The van der Waals surface area contributed by atoms with Gasteiger partial charge in [0.05, 0.1) is 23.7 Å². The summed E-state index contributed by atoms with van der Waals surface area (Å²) in [6, 6.07) is 4.81. The van der Waals surface area contributed by atoms with Gasteiger partial charge in [0.15, 0.2) is 5.82 Å². The summed E-state index contributed by atoms with van der Waals surface area (Å²) in [7, 11) is 0. The number of carbonyl (C=O) groups excluding carboxylic acids is 1. The van der Waals surface area contributed by atoms with Crippen LogP contribution >= 0.6 is 22.9 Å². The predicted octanol–water partition coefficient (Wildman–Crippen LogP) is 4.10. The van der Waals surface area contributed by atoms with Crippen LogP contribution < -0.4 is 0 Å². The Kier molecular flexibility index (Phi) is 5.09. The van der Waals surface area contributed by atoms with Gasteiger partial charge in [-0.25, -0.2) is 9.37 Å². The van der Waals surface area contributed by atoms with Crippen LogP contribution in [0.2, 0.25) is 5.02 Å². The van der Waals surface area contributed by atoms with E-state index in [-0.39, 0.29) is 17.4 Å². The van der Waals surface area contributed by atoms with Crippen LogP contribution in [0.5, 0.6) is 0 Å². The number of hydrogen-bond acceptors (Lipinski definition) is 4. The minimum absolute atomic E-state index is 0.0748. The first-order valence-electron chi connectivity index (χ1n) is 6.16. The topological polar surface area (TPSA) is 39.2 Å². The van der Waals surface area contributed by atoms with Crippen LogP contribution in [0.3, 0.4) is 0 Å². The summed E-state index contributed by atoms with van der Waals surface area (Å²) in [5.74, 6) is -0.726. The molecule has 106 valence electrons. The monoisotopic (exact) mass is 313 g/mol. The van der Waals surface area contributed by atoms with E-state index < -0.39 is 5.82 Å². The van der Waals surface area contributed by atoms with E-state index in [1.165, 1.54) is 17.4 Å². The predicted molar refractivity (Wildman–Crippen MR) is 77.5 cm³/mol. The highest BCUT2D eigenvalue weighted by molar-refractivity contribution is 7.13. The summed E-state index contributed by atoms with van der Waals surface area (Å²) in [6.07, 6.45) is 0.757. The van der Waals surface area contributed by atoms with E-state index in [1.54, 1.807) is 19.1 Å².